The van der Waals surface area contributed by atoms with Crippen molar-refractivity contribution in [3.05, 3.63) is 0 Å². The van der Waals surface area contributed by atoms with E-state index in [-0.39, 0.29) is 0 Å². The van der Waals surface area contributed by atoms with Crippen LogP contribution in [-0.4, -0.2) is 24.8 Å². The smallest absolute Gasteiger partial charge is 0.0732 e. The molecule has 0 aliphatic carbocycles. The van der Waals surface area contributed by atoms with E-state index in [2.05, 4.69) is 26.1 Å². The van der Waals surface area contributed by atoms with Gasteiger partial charge in [-0.15, -0.1) is 0 Å². The minimum absolute atomic E-state index is 0.468. The van der Waals surface area contributed by atoms with Gasteiger partial charge < -0.3 is 10.1 Å². The highest BCUT2D eigenvalue weighted by atomic mass is 16.5. The van der Waals surface area contributed by atoms with Gasteiger partial charge in [0, 0.05) is 6.04 Å². The largest absolute Gasteiger partial charge is 0.374 e. The van der Waals surface area contributed by atoms with E-state index in [4.69, 9.17) is 4.74 Å². The molecule has 1 aliphatic heterocycles. The fraction of sp³-hybridized carbons (Fsp3) is 1.00. The van der Waals surface area contributed by atoms with Crippen molar-refractivity contribution in [1.82, 2.24) is 5.32 Å². The van der Waals surface area contributed by atoms with E-state index in [0.29, 0.717) is 18.2 Å². The van der Waals surface area contributed by atoms with E-state index in [1.54, 1.807) is 0 Å². The zero-order valence-electron chi connectivity index (χ0n) is 13.4. The first-order valence-electron chi connectivity index (χ1n) is 8.66. The maximum absolute atomic E-state index is 6.02. The molecule has 1 rings (SSSR count). The molecule has 114 valence electrons. The second kappa shape index (κ2) is 10.7. The summed E-state index contributed by atoms with van der Waals surface area (Å²) in [6, 6.07) is 0.589. The SMILES string of the molecule is CCCCCCCCCC(NCC)C1CCC(C)O1. The van der Waals surface area contributed by atoms with Crippen molar-refractivity contribution in [1.29, 1.82) is 0 Å². The van der Waals surface area contributed by atoms with Crippen molar-refractivity contribution in [2.45, 2.75) is 103 Å². The number of hydrogen-bond donors (Lipinski definition) is 1. The first kappa shape index (κ1) is 17.0. The molecule has 2 heteroatoms. The van der Waals surface area contributed by atoms with Gasteiger partial charge in [0.1, 0.15) is 0 Å². The van der Waals surface area contributed by atoms with E-state index in [1.807, 2.05) is 0 Å². The quantitative estimate of drug-likeness (QED) is 0.550. The molecule has 1 heterocycles. The highest BCUT2D eigenvalue weighted by molar-refractivity contribution is 4.82. The van der Waals surface area contributed by atoms with Gasteiger partial charge in [-0.05, 0) is 32.7 Å². The van der Waals surface area contributed by atoms with Crippen LogP contribution in [0.5, 0.6) is 0 Å². The highest BCUT2D eigenvalue weighted by Gasteiger charge is 2.28. The molecule has 3 atom stereocenters. The summed E-state index contributed by atoms with van der Waals surface area (Å²) in [6.45, 7) is 7.76. The summed E-state index contributed by atoms with van der Waals surface area (Å²) in [4.78, 5) is 0. The molecule has 0 radical (unpaired) electrons. The third-order valence-electron chi connectivity index (χ3n) is 4.30. The summed E-state index contributed by atoms with van der Waals surface area (Å²) >= 11 is 0. The van der Waals surface area contributed by atoms with Crippen LogP contribution in [0, 0.1) is 0 Å². The van der Waals surface area contributed by atoms with Crippen molar-refractivity contribution in [3.63, 3.8) is 0 Å². The summed E-state index contributed by atoms with van der Waals surface area (Å²) in [6.07, 6.45) is 14.5. The summed E-state index contributed by atoms with van der Waals surface area (Å²) in [5, 5.41) is 3.63. The monoisotopic (exact) mass is 269 g/mol. The summed E-state index contributed by atoms with van der Waals surface area (Å²) in [5.41, 5.74) is 0. The fourth-order valence-corrected chi connectivity index (χ4v) is 3.13. The molecule has 0 aromatic rings. The van der Waals surface area contributed by atoms with Crippen LogP contribution in [0.15, 0.2) is 0 Å². The zero-order valence-corrected chi connectivity index (χ0v) is 13.4. The first-order chi connectivity index (χ1) is 9.27. The lowest BCUT2D eigenvalue weighted by molar-refractivity contribution is 0.0298. The van der Waals surface area contributed by atoms with Gasteiger partial charge in [-0.25, -0.2) is 0 Å². The molecular formula is C17H35NO. The van der Waals surface area contributed by atoms with E-state index >= 15 is 0 Å². The van der Waals surface area contributed by atoms with Gasteiger partial charge in [-0.1, -0.05) is 58.8 Å². The molecule has 2 nitrogen and oxygen atoms in total. The van der Waals surface area contributed by atoms with Crippen molar-refractivity contribution in [2.24, 2.45) is 0 Å². The predicted octanol–water partition coefficient (Wildman–Crippen LogP) is 4.67. The molecule has 0 aromatic heterocycles. The Morgan fingerprint density at radius 1 is 1.00 bits per heavy atom. The van der Waals surface area contributed by atoms with Crippen LogP contribution >= 0.6 is 0 Å². The average Bonchev–Trinajstić information content (AvgIpc) is 2.83. The highest BCUT2D eigenvalue weighted by Crippen LogP contribution is 2.24. The van der Waals surface area contributed by atoms with Crippen LogP contribution in [0.1, 0.15) is 85.0 Å². The lowest BCUT2D eigenvalue weighted by atomic mass is 9.99. The molecule has 1 N–H and O–H groups in total. The Morgan fingerprint density at radius 2 is 1.68 bits per heavy atom. The number of nitrogens with one attached hydrogen (secondary N) is 1. The standard InChI is InChI=1S/C17H35NO/c1-4-6-7-8-9-10-11-12-16(18-5-2)17-14-13-15(3)19-17/h15-18H,4-14H2,1-3H3. The summed E-state index contributed by atoms with van der Waals surface area (Å²) < 4.78 is 6.02. The molecule has 0 amide bonds. The molecular weight excluding hydrogens is 234 g/mol. The van der Waals surface area contributed by atoms with E-state index in [9.17, 15) is 0 Å². The minimum atomic E-state index is 0.468. The van der Waals surface area contributed by atoms with Crippen molar-refractivity contribution in [3.8, 4) is 0 Å². The maximum atomic E-state index is 6.02. The van der Waals surface area contributed by atoms with Gasteiger partial charge in [-0.3, -0.25) is 0 Å². The summed E-state index contributed by atoms with van der Waals surface area (Å²) in [7, 11) is 0. The van der Waals surface area contributed by atoms with Crippen molar-refractivity contribution in [2.75, 3.05) is 6.54 Å². The van der Waals surface area contributed by atoms with Crippen LogP contribution in [0.4, 0.5) is 0 Å². The van der Waals surface area contributed by atoms with Crippen LogP contribution < -0.4 is 5.32 Å². The van der Waals surface area contributed by atoms with Crippen molar-refractivity contribution >= 4 is 0 Å². The van der Waals surface area contributed by atoms with Gasteiger partial charge in [0.2, 0.25) is 0 Å². The van der Waals surface area contributed by atoms with Crippen LogP contribution in [0.3, 0.4) is 0 Å². The zero-order chi connectivity index (χ0) is 13.9. The van der Waals surface area contributed by atoms with E-state index in [1.165, 1.54) is 64.2 Å². The maximum Gasteiger partial charge on any atom is 0.0732 e. The number of unbranched alkanes of at least 4 members (excludes halogenated alkanes) is 6. The first-order valence-corrected chi connectivity index (χ1v) is 8.66. The number of rotatable bonds is 11. The fourth-order valence-electron chi connectivity index (χ4n) is 3.13. The molecule has 0 saturated carbocycles. The molecule has 0 aromatic carbocycles. The second-order valence-electron chi connectivity index (χ2n) is 6.14. The molecule has 1 fully saturated rings. The molecule has 3 unspecified atom stereocenters. The topological polar surface area (TPSA) is 21.3 Å². The van der Waals surface area contributed by atoms with Gasteiger partial charge in [0.15, 0.2) is 0 Å². The molecule has 1 aliphatic rings. The number of hydrogen-bond acceptors (Lipinski definition) is 2. The lowest BCUT2D eigenvalue weighted by Crippen LogP contribution is -2.39. The third-order valence-corrected chi connectivity index (χ3v) is 4.30. The van der Waals surface area contributed by atoms with Gasteiger partial charge in [0.25, 0.3) is 0 Å². The minimum Gasteiger partial charge on any atom is -0.374 e. The Kier molecular flexibility index (Phi) is 9.54. The predicted molar refractivity (Wildman–Crippen MR) is 83.6 cm³/mol. The van der Waals surface area contributed by atoms with Crippen LogP contribution in [0.25, 0.3) is 0 Å². The van der Waals surface area contributed by atoms with Crippen LogP contribution in [0.2, 0.25) is 0 Å². The van der Waals surface area contributed by atoms with Gasteiger partial charge >= 0.3 is 0 Å². The number of ether oxygens (including phenoxy) is 1. The van der Waals surface area contributed by atoms with Gasteiger partial charge in [-0.2, -0.15) is 0 Å². The Bertz CT molecular complexity index is 207. The Morgan fingerprint density at radius 3 is 2.26 bits per heavy atom. The van der Waals surface area contributed by atoms with E-state index < -0.39 is 0 Å². The van der Waals surface area contributed by atoms with Gasteiger partial charge in [0.05, 0.1) is 12.2 Å². The molecule has 19 heavy (non-hydrogen) atoms. The van der Waals surface area contributed by atoms with Crippen LogP contribution in [-0.2, 0) is 4.74 Å². The summed E-state index contributed by atoms with van der Waals surface area (Å²) in [5.74, 6) is 0. The third kappa shape index (κ3) is 7.31. The molecule has 0 bridgehead atoms. The lowest BCUT2D eigenvalue weighted by Gasteiger charge is -2.24. The Labute approximate surface area is 120 Å². The molecule has 0 spiro atoms. The Balaban J connectivity index is 2.08. The number of likely N-dealkylation sites (N-methyl/N-ethyl adjacent to an activating group) is 1. The molecule has 1 saturated heterocycles. The normalized spacial score (nSPS) is 24.8. The van der Waals surface area contributed by atoms with Crippen molar-refractivity contribution < 1.29 is 4.74 Å². The second-order valence-corrected chi connectivity index (χ2v) is 6.14. The van der Waals surface area contributed by atoms with E-state index in [0.717, 1.165) is 6.54 Å². The Hall–Kier alpha value is -0.0800. The average molecular weight is 269 g/mol.